The lowest BCUT2D eigenvalue weighted by Crippen LogP contribution is -2.49. The van der Waals surface area contributed by atoms with E-state index in [1.807, 2.05) is 18.2 Å². The molecular weight excluding hydrogens is 452 g/mol. The Bertz CT molecular complexity index is 1300. The van der Waals surface area contributed by atoms with E-state index in [0.29, 0.717) is 22.7 Å². The largest absolute Gasteiger partial charge is 0.301 e. The summed E-state index contributed by atoms with van der Waals surface area (Å²) in [6.07, 6.45) is 0. The second-order valence-electron chi connectivity index (χ2n) is 8.54. The molecule has 2 aliphatic rings. The quantitative estimate of drug-likeness (QED) is 0.437. The molecule has 2 heterocycles. The van der Waals surface area contributed by atoms with E-state index in [0.717, 1.165) is 36.4 Å². The number of nitrogens with one attached hydrogen (secondary N) is 1. The number of carbonyl (C=O) groups excluding carboxylic acids is 1. The third-order valence-corrected chi connectivity index (χ3v) is 7.80. The Morgan fingerprint density at radius 2 is 1.61 bits per heavy atom. The van der Waals surface area contributed by atoms with Crippen molar-refractivity contribution < 1.29 is 4.79 Å². The standard InChI is InChI=1S/C26H23ClN4OS/c27-21-10-5-11-22-24(21)29-26(33-22)28-23(32)16-30-12-14-31(15-13-30)25-19-8-3-1-6-17(19)18-7-2-4-9-20(18)25/h1-11,25H,12-16H2,(H,28,29,32). The van der Waals surface area contributed by atoms with Gasteiger partial charge in [-0.3, -0.25) is 14.6 Å². The molecule has 0 radical (unpaired) electrons. The van der Waals surface area contributed by atoms with Gasteiger partial charge in [0.2, 0.25) is 5.91 Å². The predicted octanol–water partition coefficient (Wildman–Crippen LogP) is 5.28. The SMILES string of the molecule is O=C(CN1CCN(C2c3ccccc3-c3ccccc32)CC1)Nc1nc2c(Cl)cccc2s1. The van der Waals surface area contributed by atoms with Crippen LogP contribution in [0.4, 0.5) is 5.13 Å². The normalized spacial score (nSPS) is 16.6. The Kier molecular flexibility index (Phi) is 5.38. The third kappa shape index (κ3) is 3.83. The molecule has 0 saturated carbocycles. The second kappa shape index (κ2) is 8.54. The zero-order valence-electron chi connectivity index (χ0n) is 18.0. The number of rotatable bonds is 4. The van der Waals surface area contributed by atoms with Crippen LogP contribution >= 0.6 is 22.9 Å². The van der Waals surface area contributed by atoms with Crippen molar-refractivity contribution in [2.45, 2.75) is 6.04 Å². The highest BCUT2D eigenvalue weighted by molar-refractivity contribution is 7.22. The second-order valence-corrected chi connectivity index (χ2v) is 9.98. The first-order chi connectivity index (χ1) is 16.2. The molecule has 33 heavy (non-hydrogen) atoms. The fourth-order valence-electron chi connectivity index (χ4n) is 5.03. The fraction of sp³-hybridized carbons (Fsp3) is 0.231. The summed E-state index contributed by atoms with van der Waals surface area (Å²) in [5.41, 5.74) is 6.20. The molecule has 6 rings (SSSR count). The Labute approximate surface area is 201 Å². The average molecular weight is 475 g/mol. The summed E-state index contributed by atoms with van der Waals surface area (Å²) in [6.45, 7) is 3.95. The number of anilines is 1. The number of carbonyl (C=O) groups is 1. The number of hydrogen-bond acceptors (Lipinski definition) is 5. The van der Waals surface area contributed by atoms with Gasteiger partial charge in [-0.2, -0.15) is 0 Å². The molecule has 1 N–H and O–H groups in total. The maximum absolute atomic E-state index is 12.7. The van der Waals surface area contributed by atoms with Crippen molar-refractivity contribution in [2.75, 3.05) is 38.0 Å². The molecular formula is C26H23ClN4OS. The van der Waals surface area contributed by atoms with E-state index in [1.54, 1.807) is 0 Å². The number of thiazole rings is 1. The summed E-state index contributed by atoms with van der Waals surface area (Å²) >= 11 is 7.66. The molecule has 5 nitrogen and oxygen atoms in total. The molecule has 0 spiro atoms. The molecule has 1 fully saturated rings. The van der Waals surface area contributed by atoms with Gasteiger partial charge in [0.25, 0.3) is 0 Å². The van der Waals surface area contributed by atoms with E-state index < -0.39 is 0 Å². The van der Waals surface area contributed by atoms with E-state index in [-0.39, 0.29) is 5.91 Å². The van der Waals surface area contributed by atoms with Crippen molar-refractivity contribution in [3.05, 3.63) is 82.9 Å². The zero-order valence-corrected chi connectivity index (χ0v) is 19.6. The average Bonchev–Trinajstić information content (AvgIpc) is 3.39. The maximum atomic E-state index is 12.7. The minimum atomic E-state index is -0.0322. The molecule has 0 unspecified atom stereocenters. The van der Waals surface area contributed by atoms with E-state index in [9.17, 15) is 4.79 Å². The number of amides is 1. The zero-order chi connectivity index (χ0) is 22.4. The molecule has 1 aliphatic heterocycles. The van der Waals surface area contributed by atoms with Gasteiger partial charge in [-0.1, -0.05) is 77.5 Å². The van der Waals surface area contributed by atoms with Gasteiger partial charge in [0, 0.05) is 26.2 Å². The molecule has 1 amide bonds. The topological polar surface area (TPSA) is 48.5 Å². The predicted molar refractivity (Wildman–Crippen MR) is 135 cm³/mol. The number of aromatic nitrogens is 1. The van der Waals surface area contributed by atoms with Gasteiger partial charge in [0.1, 0.15) is 5.52 Å². The van der Waals surface area contributed by atoms with Gasteiger partial charge in [-0.25, -0.2) is 4.98 Å². The molecule has 166 valence electrons. The molecule has 1 aromatic heterocycles. The number of nitrogens with zero attached hydrogens (tertiary/aromatic N) is 3. The van der Waals surface area contributed by atoms with E-state index >= 15 is 0 Å². The highest BCUT2D eigenvalue weighted by Gasteiger charge is 2.34. The number of benzene rings is 3. The van der Waals surface area contributed by atoms with E-state index in [4.69, 9.17) is 11.6 Å². The van der Waals surface area contributed by atoms with Gasteiger partial charge in [0.05, 0.1) is 22.3 Å². The molecule has 0 bridgehead atoms. The van der Waals surface area contributed by atoms with Gasteiger partial charge in [0.15, 0.2) is 5.13 Å². The van der Waals surface area contributed by atoms with Crippen LogP contribution in [0.3, 0.4) is 0 Å². The van der Waals surface area contributed by atoms with Gasteiger partial charge in [-0.15, -0.1) is 0 Å². The summed E-state index contributed by atoms with van der Waals surface area (Å²) in [7, 11) is 0. The van der Waals surface area contributed by atoms with Crippen LogP contribution in [-0.2, 0) is 4.79 Å². The first kappa shape index (κ1) is 20.8. The van der Waals surface area contributed by atoms with Gasteiger partial charge < -0.3 is 5.32 Å². The van der Waals surface area contributed by atoms with Crippen LogP contribution in [0.25, 0.3) is 21.3 Å². The highest BCUT2D eigenvalue weighted by Crippen LogP contribution is 2.46. The molecule has 1 saturated heterocycles. The van der Waals surface area contributed by atoms with Gasteiger partial charge >= 0.3 is 0 Å². The maximum Gasteiger partial charge on any atom is 0.240 e. The first-order valence-corrected chi connectivity index (χ1v) is 12.4. The lowest BCUT2D eigenvalue weighted by Gasteiger charge is -2.38. The van der Waals surface area contributed by atoms with E-state index in [2.05, 4.69) is 68.6 Å². The Hall–Kier alpha value is -2.77. The van der Waals surface area contributed by atoms with Crippen LogP contribution < -0.4 is 5.32 Å². The number of para-hydroxylation sites is 1. The summed E-state index contributed by atoms with van der Waals surface area (Å²) < 4.78 is 0.976. The van der Waals surface area contributed by atoms with Crippen molar-refractivity contribution in [1.29, 1.82) is 0 Å². The molecule has 1 aliphatic carbocycles. The number of fused-ring (bicyclic) bond motifs is 4. The molecule has 7 heteroatoms. The van der Waals surface area contributed by atoms with Crippen molar-refractivity contribution in [3.63, 3.8) is 0 Å². The first-order valence-electron chi connectivity index (χ1n) is 11.2. The summed E-state index contributed by atoms with van der Waals surface area (Å²) in [5, 5.41) is 4.16. The van der Waals surface area contributed by atoms with Crippen molar-refractivity contribution >= 4 is 44.2 Å². The van der Waals surface area contributed by atoms with E-state index in [1.165, 1.54) is 33.6 Å². The number of hydrogen-bond donors (Lipinski definition) is 1. The summed E-state index contributed by atoms with van der Waals surface area (Å²) in [5.74, 6) is -0.0322. The minimum absolute atomic E-state index is 0.0322. The molecule has 4 aromatic rings. The monoisotopic (exact) mass is 474 g/mol. The third-order valence-electron chi connectivity index (χ3n) is 6.56. The summed E-state index contributed by atoms with van der Waals surface area (Å²) in [4.78, 5) is 21.9. The van der Waals surface area contributed by atoms with Crippen molar-refractivity contribution in [1.82, 2.24) is 14.8 Å². The van der Waals surface area contributed by atoms with Crippen molar-refractivity contribution in [2.24, 2.45) is 0 Å². The number of piperazine rings is 1. The van der Waals surface area contributed by atoms with Crippen LogP contribution in [0.1, 0.15) is 17.2 Å². The van der Waals surface area contributed by atoms with Crippen molar-refractivity contribution in [3.8, 4) is 11.1 Å². The van der Waals surface area contributed by atoms with Crippen LogP contribution in [0.2, 0.25) is 5.02 Å². The number of halogens is 1. The highest BCUT2D eigenvalue weighted by atomic mass is 35.5. The van der Waals surface area contributed by atoms with Gasteiger partial charge in [-0.05, 0) is 34.4 Å². The van der Waals surface area contributed by atoms with Crippen LogP contribution in [0.15, 0.2) is 66.7 Å². The lowest BCUT2D eigenvalue weighted by molar-refractivity contribution is -0.117. The Morgan fingerprint density at radius 1 is 0.939 bits per heavy atom. The molecule has 3 aromatic carbocycles. The smallest absolute Gasteiger partial charge is 0.240 e. The minimum Gasteiger partial charge on any atom is -0.301 e. The Balaban J connectivity index is 1.11. The van der Waals surface area contributed by atoms with Crippen LogP contribution in [0, 0.1) is 0 Å². The molecule has 0 atom stereocenters. The lowest BCUT2D eigenvalue weighted by atomic mass is 10.0. The van der Waals surface area contributed by atoms with Crippen LogP contribution in [0.5, 0.6) is 0 Å². The Morgan fingerprint density at radius 3 is 2.27 bits per heavy atom. The fourth-order valence-corrected chi connectivity index (χ4v) is 6.21. The van der Waals surface area contributed by atoms with Crippen LogP contribution in [-0.4, -0.2) is 53.4 Å². The summed E-state index contributed by atoms with van der Waals surface area (Å²) in [6, 6.07) is 23.4.